The number of hydrazone groups is 1. The first kappa shape index (κ1) is 12.6. The van der Waals surface area contributed by atoms with Gasteiger partial charge in [-0.15, -0.1) is 0 Å². The Hall–Kier alpha value is -2.89. The summed E-state index contributed by atoms with van der Waals surface area (Å²) in [4.78, 5) is 11.6. The van der Waals surface area contributed by atoms with Gasteiger partial charge in [-0.05, 0) is 12.1 Å². The number of aromatic nitrogens is 1. The molecule has 2 rings (SSSR count). The molecule has 0 spiro atoms. The first-order valence-corrected chi connectivity index (χ1v) is 5.47. The third-order valence-corrected chi connectivity index (χ3v) is 2.37. The van der Waals surface area contributed by atoms with Crippen LogP contribution in [0.4, 0.5) is 0 Å². The molecule has 0 aliphatic carbocycles. The van der Waals surface area contributed by atoms with Gasteiger partial charge in [0, 0.05) is 17.7 Å². The van der Waals surface area contributed by atoms with Gasteiger partial charge in [-0.25, -0.2) is 5.43 Å². The van der Waals surface area contributed by atoms with Crippen molar-refractivity contribution in [3.63, 3.8) is 0 Å². The Morgan fingerprint density at radius 1 is 1.26 bits per heavy atom. The topological polar surface area (TPSA) is 88.6 Å². The molecule has 1 heterocycles. The molecule has 0 radical (unpaired) electrons. The van der Waals surface area contributed by atoms with Crippen LogP contribution < -0.4 is 10.2 Å². The quantitative estimate of drug-likeness (QED) is 0.369. The molecule has 0 unspecified atom stereocenters. The summed E-state index contributed by atoms with van der Waals surface area (Å²) in [5, 5.41) is 24.0. The Kier molecular flexibility index (Phi) is 3.72. The van der Waals surface area contributed by atoms with Crippen LogP contribution >= 0.6 is 0 Å². The zero-order valence-electron chi connectivity index (χ0n) is 9.85. The largest absolute Gasteiger partial charge is 0.619 e. The van der Waals surface area contributed by atoms with Crippen molar-refractivity contribution in [1.82, 2.24) is 5.43 Å². The van der Waals surface area contributed by atoms with Gasteiger partial charge in [0.1, 0.15) is 5.75 Å². The lowest BCUT2D eigenvalue weighted by molar-refractivity contribution is -0.605. The average Bonchev–Trinajstić information content (AvgIpc) is 2.41. The molecule has 0 bridgehead atoms. The Morgan fingerprint density at radius 3 is 2.63 bits per heavy atom. The van der Waals surface area contributed by atoms with E-state index in [9.17, 15) is 15.1 Å². The Balaban J connectivity index is 2.01. The molecule has 0 atom stereocenters. The second kappa shape index (κ2) is 5.63. The van der Waals surface area contributed by atoms with Crippen molar-refractivity contribution in [3.05, 3.63) is 65.1 Å². The molecule has 1 aromatic carbocycles. The maximum Gasteiger partial charge on any atom is 0.271 e. The lowest BCUT2D eigenvalue weighted by Crippen LogP contribution is -2.26. The van der Waals surface area contributed by atoms with Gasteiger partial charge in [-0.1, -0.05) is 12.1 Å². The number of amides is 1. The number of hydrogen-bond acceptors (Lipinski definition) is 4. The van der Waals surface area contributed by atoms with Crippen molar-refractivity contribution >= 4 is 12.1 Å². The maximum absolute atomic E-state index is 11.6. The second-order valence-corrected chi connectivity index (χ2v) is 3.70. The molecule has 19 heavy (non-hydrogen) atoms. The fourth-order valence-corrected chi connectivity index (χ4v) is 1.39. The number of phenolic OH excluding ortho intramolecular Hbond substituents is 1. The molecule has 0 saturated carbocycles. The molecule has 6 nitrogen and oxygen atoms in total. The number of nitrogens with one attached hydrogen (secondary N) is 1. The first-order valence-electron chi connectivity index (χ1n) is 5.47. The number of nitrogens with zero attached hydrogens (tertiary/aromatic N) is 2. The Labute approximate surface area is 109 Å². The number of para-hydroxylation sites is 1. The SMILES string of the molecule is O=C(N/N=C/c1ccccc1O)c1cc[n+]([O-])cc1. The number of pyridine rings is 1. The highest BCUT2D eigenvalue weighted by Crippen LogP contribution is 2.12. The van der Waals surface area contributed by atoms with Gasteiger partial charge in [0.15, 0.2) is 12.4 Å². The number of rotatable bonds is 3. The summed E-state index contributed by atoms with van der Waals surface area (Å²) < 4.78 is 0.585. The van der Waals surface area contributed by atoms with Gasteiger partial charge in [0.05, 0.1) is 11.8 Å². The number of carbonyl (C=O) groups excluding carboxylic acids is 1. The summed E-state index contributed by atoms with van der Waals surface area (Å²) in [6, 6.07) is 9.39. The van der Waals surface area contributed by atoms with Crippen molar-refractivity contribution in [1.29, 1.82) is 0 Å². The minimum Gasteiger partial charge on any atom is -0.619 e. The van der Waals surface area contributed by atoms with Crippen molar-refractivity contribution in [3.8, 4) is 5.75 Å². The van der Waals surface area contributed by atoms with E-state index in [2.05, 4.69) is 10.5 Å². The number of carbonyl (C=O) groups is 1. The minimum absolute atomic E-state index is 0.0765. The summed E-state index contributed by atoms with van der Waals surface area (Å²) >= 11 is 0. The van der Waals surface area contributed by atoms with Crippen LogP contribution in [0.25, 0.3) is 0 Å². The molecule has 1 aromatic heterocycles. The van der Waals surface area contributed by atoms with Crippen LogP contribution in [0.15, 0.2) is 53.9 Å². The summed E-state index contributed by atoms with van der Waals surface area (Å²) in [5.41, 5.74) is 3.12. The van der Waals surface area contributed by atoms with Crippen LogP contribution in [0, 0.1) is 5.21 Å². The Morgan fingerprint density at radius 2 is 1.95 bits per heavy atom. The fraction of sp³-hybridized carbons (Fsp3) is 0. The lowest BCUT2D eigenvalue weighted by atomic mass is 10.2. The van der Waals surface area contributed by atoms with Gasteiger partial charge in [0.25, 0.3) is 5.91 Å². The highest BCUT2D eigenvalue weighted by molar-refractivity contribution is 5.94. The monoisotopic (exact) mass is 257 g/mol. The molecule has 2 N–H and O–H groups in total. The zero-order valence-corrected chi connectivity index (χ0v) is 9.85. The van der Waals surface area contributed by atoms with Crippen molar-refractivity contribution in [2.24, 2.45) is 5.10 Å². The number of benzene rings is 1. The van der Waals surface area contributed by atoms with Crippen LogP contribution in [0.5, 0.6) is 5.75 Å². The van der Waals surface area contributed by atoms with E-state index in [0.29, 0.717) is 15.9 Å². The van der Waals surface area contributed by atoms with E-state index >= 15 is 0 Å². The third kappa shape index (κ3) is 3.29. The fourth-order valence-electron chi connectivity index (χ4n) is 1.39. The highest BCUT2D eigenvalue weighted by atomic mass is 16.5. The summed E-state index contributed by atoms with van der Waals surface area (Å²) in [7, 11) is 0. The van der Waals surface area contributed by atoms with Crippen molar-refractivity contribution in [2.75, 3.05) is 0 Å². The van der Waals surface area contributed by atoms with E-state index in [0.717, 1.165) is 0 Å². The standard InChI is InChI=1S/C13H11N3O3/c17-12-4-2-1-3-11(12)9-14-15-13(18)10-5-7-16(19)8-6-10/h1-9,17H,(H,15,18)/b14-9+. The van der Waals surface area contributed by atoms with Crippen molar-refractivity contribution in [2.45, 2.75) is 0 Å². The molecule has 0 fully saturated rings. The van der Waals surface area contributed by atoms with E-state index < -0.39 is 5.91 Å². The van der Waals surface area contributed by atoms with Gasteiger partial charge in [0.2, 0.25) is 0 Å². The van der Waals surface area contributed by atoms with Gasteiger partial charge >= 0.3 is 0 Å². The average molecular weight is 257 g/mol. The van der Waals surface area contributed by atoms with E-state index in [1.165, 1.54) is 36.8 Å². The summed E-state index contributed by atoms with van der Waals surface area (Å²) in [5.74, 6) is -0.361. The normalized spacial score (nSPS) is 10.5. The van der Waals surface area contributed by atoms with Crippen LogP contribution in [0.3, 0.4) is 0 Å². The summed E-state index contributed by atoms with van der Waals surface area (Å²) in [6.45, 7) is 0. The molecular formula is C13H11N3O3. The molecule has 2 aromatic rings. The lowest BCUT2D eigenvalue weighted by Gasteiger charge is -2.00. The number of aromatic hydroxyl groups is 1. The molecule has 0 aliphatic heterocycles. The number of phenols is 1. The Bertz CT molecular complexity index is 609. The molecule has 96 valence electrons. The van der Waals surface area contributed by atoms with Gasteiger partial charge < -0.3 is 10.3 Å². The third-order valence-electron chi connectivity index (χ3n) is 2.37. The van der Waals surface area contributed by atoms with E-state index in [4.69, 9.17) is 0 Å². The van der Waals surface area contributed by atoms with Gasteiger partial charge in [-0.3, -0.25) is 4.79 Å². The predicted molar refractivity (Wildman–Crippen MR) is 68.6 cm³/mol. The predicted octanol–water partition coefficient (Wildman–Crippen LogP) is 0.790. The summed E-state index contributed by atoms with van der Waals surface area (Å²) in [6.07, 6.45) is 3.78. The molecule has 1 amide bonds. The second-order valence-electron chi connectivity index (χ2n) is 3.70. The highest BCUT2D eigenvalue weighted by Gasteiger charge is 2.04. The molecular weight excluding hydrogens is 246 g/mol. The molecule has 0 aliphatic rings. The van der Waals surface area contributed by atoms with E-state index in [1.54, 1.807) is 18.2 Å². The molecule has 0 saturated heterocycles. The number of hydrogen-bond donors (Lipinski definition) is 2. The van der Waals surface area contributed by atoms with E-state index in [1.807, 2.05) is 0 Å². The van der Waals surface area contributed by atoms with Crippen LogP contribution in [-0.2, 0) is 0 Å². The van der Waals surface area contributed by atoms with Crippen LogP contribution in [0.1, 0.15) is 15.9 Å². The van der Waals surface area contributed by atoms with Crippen LogP contribution in [0.2, 0.25) is 0 Å². The van der Waals surface area contributed by atoms with Crippen LogP contribution in [-0.4, -0.2) is 17.2 Å². The zero-order chi connectivity index (χ0) is 13.7. The first-order chi connectivity index (χ1) is 9.16. The van der Waals surface area contributed by atoms with E-state index in [-0.39, 0.29) is 5.75 Å². The minimum atomic E-state index is -0.438. The molecule has 6 heteroatoms. The smallest absolute Gasteiger partial charge is 0.271 e. The maximum atomic E-state index is 11.6. The van der Waals surface area contributed by atoms with Crippen molar-refractivity contribution < 1.29 is 14.6 Å². The van der Waals surface area contributed by atoms with Gasteiger partial charge in [-0.2, -0.15) is 9.83 Å².